The minimum Gasteiger partial charge on any atom is -0.366 e. The van der Waals surface area contributed by atoms with Crippen LogP contribution in [-0.4, -0.2) is 11.0 Å². The molecule has 2 nitrogen and oxygen atoms in total. The lowest BCUT2D eigenvalue weighted by Gasteiger charge is -2.39. The summed E-state index contributed by atoms with van der Waals surface area (Å²) >= 11 is 0. The summed E-state index contributed by atoms with van der Waals surface area (Å²) < 4.78 is 0. The Kier molecular flexibility index (Phi) is 2.72. The highest BCUT2D eigenvalue weighted by atomic mass is 15.1. The van der Waals surface area contributed by atoms with Gasteiger partial charge in [-0.3, -0.25) is 0 Å². The van der Waals surface area contributed by atoms with Crippen molar-refractivity contribution < 1.29 is 0 Å². The number of anilines is 1. The van der Waals surface area contributed by atoms with E-state index in [0.29, 0.717) is 12.0 Å². The van der Waals surface area contributed by atoms with Crippen molar-refractivity contribution >= 4 is 5.82 Å². The molecule has 2 heteroatoms. The molecule has 0 saturated carbocycles. The Morgan fingerprint density at radius 2 is 1.71 bits per heavy atom. The van der Waals surface area contributed by atoms with Crippen molar-refractivity contribution in [2.75, 3.05) is 5.32 Å². The van der Waals surface area contributed by atoms with Gasteiger partial charge in [0.05, 0.1) is 0 Å². The summed E-state index contributed by atoms with van der Waals surface area (Å²) in [6.07, 6.45) is 1.87. The first-order valence-electron chi connectivity index (χ1n) is 6.43. The van der Waals surface area contributed by atoms with Gasteiger partial charge < -0.3 is 5.32 Å². The molecule has 17 heavy (non-hydrogen) atoms. The second kappa shape index (κ2) is 3.72. The van der Waals surface area contributed by atoms with E-state index < -0.39 is 0 Å². The average Bonchev–Trinajstić information content (AvgIpc) is 2.54. The molecule has 94 valence electrons. The molecule has 0 bridgehead atoms. The van der Waals surface area contributed by atoms with Crippen LogP contribution in [0.1, 0.15) is 53.0 Å². The number of nitrogens with one attached hydrogen (secondary N) is 1. The van der Waals surface area contributed by atoms with Crippen molar-refractivity contribution in [3.05, 3.63) is 23.9 Å². The van der Waals surface area contributed by atoms with Gasteiger partial charge in [0, 0.05) is 23.7 Å². The highest BCUT2D eigenvalue weighted by Gasteiger charge is 2.45. The van der Waals surface area contributed by atoms with Gasteiger partial charge in [-0.05, 0) is 16.9 Å². The van der Waals surface area contributed by atoms with Gasteiger partial charge in [0.2, 0.25) is 0 Å². The van der Waals surface area contributed by atoms with E-state index in [0.717, 1.165) is 5.82 Å². The normalized spacial score (nSPS) is 24.4. The second-order valence-corrected chi connectivity index (χ2v) is 7.27. The van der Waals surface area contributed by atoms with Crippen molar-refractivity contribution in [3.8, 4) is 0 Å². The Bertz CT molecular complexity index is 410. The number of nitrogens with zero attached hydrogens (tertiary/aromatic N) is 1. The molecular weight excluding hydrogens is 208 g/mol. The molecule has 0 amide bonds. The zero-order chi connectivity index (χ0) is 12.8. The molecule has 2 rings (SSSR count). The molecule has 0 aliphatic carbocycles. The predicted octanol–water partition coefficient (Wildman–Crippen LogP) is 4.05. The topological polar surface area (TPSA) is 24.9 Å². The summed E-state index contributed by atoms with van der Waals surface area (Å²) in [5.41, 5.74) is 1.86. The van der Waals surface area contributed by atoms with Crippen LogP contribution in [0.25, 0.3) is 0 Å². The highest BCUT2D eigenvalue weighted by Crippen LogP contribution is 2.50. The summed E-state index contributed by atoms with van der Waals surface area (Å²) in [4.78, 5) is 4.48. The molecule has 1 aromatic rings. The van der Waals surface area contributed by atoms with Crippen molar-refractivity contribution in [1.29, 1.82) is 0 Å². The average molecular weight is 232 g/mol. The molecule has 0 radical (unpaired) electrons. The van der Waals surface area contributed by atoms with E-state index in [1.807, 2.05) is 12.3 Å². The molecule has 0 unspecified atom stereocenters. The molecule has 0 spiro atoms. The smallest absolute Gasteiger partial charge is 0.129 e. The summed E-state index contributed by atoms with van der Waals surface area (Å²) in [5.74, 6) is 1.60. The minimum atomic E-state index is 0.235. The lowest BCUT2D eigenvalue weighted by Crippen LogP contribution is -2.40. The van der Waals surface area contributed by atoms with E-state index in [1.165, 1.54) is 5.56 Å². The summed E-state index contributed by atoms with van der Waals surface area (Å²) in [7, 11) is 0. The van der Waals surface area contributed by atoms with Crippen LogP contribution in [0.2, 0.25) is 0 Å². The lowest BCUT2D eigenvalue weighted by atomic mass is 9.67. The molecule has 1 aliphatic heterocycles. The van der Waals surface area contributed by atoms with Crippen LogP contribution in [0.4, 0.5) is 5.82 Å². The van der Waals surface area contributed by atoms with Crippen LogP contribution >= 0.6 is 0 Å². The quantitative estimate of drug-likeness (QED) is 0.730. The van der Waals surface area contributed by atoms with Crippen molar-refractivity contribution in [2.24, 2.45) is 10.8 Å². The van der Waals surface area contributed by atoms with E-state index in [-0.39, 0.29) is 10.8 Å². The fourth-order valence-corrected chi connectivity index (χ4v) is 2.88. The molecule has 0 saturated heterocycles. The molecular formula is C15H24N2. The van der Waals surface area contributed by atoms with E-state index in [2.05, 4.69) is 57.9 Å². The van der Waals surface area contributed by atoms with Crippen molar-refractivity contribution in [3.63, 3.8) is 0 Å². The number of hydrogen-bond donors (Lipinski definition) is 1. The molecule has 1 aromatic heterocycles. The van der Waals surface area contributed by atoms with Crippen LogP contribution in [0.15, 0.2) is 18.3 Å². The number of pyridine rings is 1. The van der Waals surface area contributed by atoms with Gasteiger partial charge in [-0.15, -0.1) is 0 Å². The van der Waals surface area contributed by atoms with Gasteiger partial charge in [-0.1, -0.05) is 47.6 Å². The van der Waals surface area contributed by atoms with Crippen molar-refractivity contribution in [1.82, 2.24) is 4.98 Å². The monoisotopic (exact) mass is 232 g/mol. The van der Waals surface area contributed by atoms with E-state index in [9.17, 15) is 0 Å². The summed E-state index contributed by atoms with van der Waals surface area (Å²) in [5, 5.41) is 3.62. The molecule has 2 atom stereocenters. The second-order valence-electron chi connectivity index (χ2n) is 7.27. The van der Waals surface area contributed by atoms with Crippen LogP contribution in [-0.2, 0) is 0 Å². The highest BCUT2D eigenvalue weighted by molar-refractivity contribution is 5.55. The maximum Gasteiger partial charge on any atom is 0.129 e. The fraction of sp³-hybridized carbons (Fsp3) is 0.667. The maximum absolute atomic E-state index is 4.48. The third-order valence-electron chi connectivity index (χ3n) is 3.67. The molecule has 2 heterocycles. The first-order valence-corrected chi connectivity index (χ1v) is 6.43. The van der Waals surface area contributed by atoms with Crippen LogP contribution in [0, 0.1) is 10.8 Å². The van der Waals surface area contributed by atoms with Gasteiger partial charge >= 0.3 is 0 Å². The summed E-state index contributed by atoms with van der Waals surface area (Å²) in [6, 6.07) is 4.72. The van der Waals surface area contributed by atoms with Crippen LogP contribution in [0.5, 0.6) is 0 Å². The Morgan fingerprint density at radius 1 is 1.06 bits per heavy atom. The number of hydrogen-bond acceptors (Lipinski definition) is 2. The van der Waals surface area contributed by atoms with Crippen LogP contribution in [0.3, 0.4) is 0 Å². The zero-order valence-corrected chi connectivity index (χ0v) is 11.8. The molecule has 1 aliphatic rings. The Hall–Kier alpha value is -1.05. The minimum absolute atomic E-state index is 0.235. The summed E-state index contributed by atoms with van der Waals surface area (Å²) in [6.45, 7) is 13.9. The standard InChI is InChI=1S/C15H24N2/c1-14(2,3)11-10-8-7-9-16-13(10)17-12(11)15(4,5)6/h7-9,11-12H,1-6H3,(H,16,17)/t11-,12+/m1/s1. The van der Waals surface area contributed by atoms with Gasteiger partial charge in [0.1, 0.15) is 5.82 Å². The Balaban J connectivity index is 2.48. The number of aromatic nitrogens is 1. The predicted molar refractivity (Wildman–Crippen MR) is 73.3 cm³/mol. The maximum atomic E-state index is 4.48. The Morgan fingerprint density at radius 3 is 2.24 bits per heavy atom. The lowest BCUT2D eigenvalue weighted by molar-refractivity contribution is 0.214. The SMILES string of the molecule is CC(C)(C)[C@@H]1c2cccnc2N[C@@H]1C(C)(C)C. The first-order chi connectivity index (χ1) is 7.71. The van der Waals surface area contributed by atoms with Gasteiger partial charge in [0.25, 0.3) is 0 Å². The van der Waals surface area contributed by atoms with E-state index in [4.69, 9.17) is 0 Å². The number of rotatable bonds is 0. The largest absolute Gasteiger partial charge is 0.366 e. The van der Waals surface area contributed by atoms with Crippen molar-refractivity contribution in [2.45, 2.75) is 53.5 Å². The van der Waals surface area contributed by atoms with Gasteiger partial charge in [-0.25, -0.2) is 4.98 Å². The first kappa shape index (κ1) is 12.4. The van der Waals surface area contributed by atoms with E-state index in [1.54, 1.807) is 0 Å². The molecule has 0 aromatic carbocycles. The van der Waals surface area contributed by atoms with Gasteiger partial charge in [0.15, 0.2) is 0 Å². The Labute approximate surface area is 105 Å². The van der Waals surface area contributed by atoms with Crippen LogP contribution < -0.4 is 5.32 Å². The zero-order valence-electron chi connectivity index (χ0n) is 11.8. The third kappa shape index (κ3) is 2.18. The van der Waals surface area contributed by atoms with E-state index >= 15 is 0 Å². The van der Waals surface area contributed by atoms with Gasteiger partial charge in [-0.2, -0.15) is 0 Å². The molecule has 0 fully saturated rings. The third-order valence-corrected chi connectivity index (χ3v) is 3.67. The number of fused-ring (bicyclic) bond motifs is 1. The molecule has 1 N–H and O–H groups in total. The fourth-order valence-electron chi connectivity index (χ4n) is 2.88.